The summed E-state index contributed by atoms with van der Waals surface area (Å²) in [4.78, 5) is 22.4. The molecule has 2 heterocycles. The lowest BCUT2D eigenvalue weighted by atomic mass is 9.98. The van der Waals surface area contributed by atoms with E-state index in [1.54, 1.807) is 0 Å². The van der Waals surface area contributed by atoms with Gasteiger partial charge in [-0.25, -0.2) is 13.4 Å². The number of aromatic amines is 1. The molecule has 142 valence electrons. The van der Waals surface area contributed by atoms with Crippen LogP contribution in [0.3, 0.4) is 0 Å². The van der Waals surface area contributed by atoms with Gasteiger partial charge in [-0.15, -0.1) is 0 Å². The van der Waals surface area contributed by atoms with E-state index < -0.39 is 9.84 Å². The Morgan fingerprint density at radius 3 is 2.65 bits per heavy atom. The number of rotatable bonds is 6. The summed E-state index contributed by atoms with van der Waals surface area (Å²) in [6.07, 6.45) is 0.907. The van der Waals surface area contributed by atoms with E-state index in [0.29, 0.717) is 13.1 Å². The van der Waals surface area contributed by atoms with Crippen LogP contribution >= 0.6 is 0 Å². The largest absolute Gasteiger partial charge is 0.345 e. The van der Waals surface area contributed by atoms with Gasteiger partial charge in [0.15, 0.2) is 9.84 Å². The number of amides is 1. The zero-order chi connectivity index (χ0) is 18.7. The molecular weight excluding hydrogens is 352 g/mol. The Morgan fingerprint density at radius 2 is 2.00 bits per heavy atom. The number of sulfone groups is 1. The summed E-state index contributed by atoms with van der Waals surface area (Å²) >= 11 is 0. The monoisotopic (exact) mass is 378 g/mol. The summed E-state index contributed by atoms with van der Waals surface area (Å²) < 4.78 is 23.0. The number of nitrogens with zero attached hydrogens (tertiary/aromatic N) is 2. The van der Waals surface area contributed by atoms with E-state index in [9.17, 15) is 13.2 Å². The average molecular weight is 378 g/mol. The lowest BCUT2D eigenvalue weighted by Gasteiger charge is -2.28. The van der Waals surface area contributed by atoms with E-state index in [0.717, 1.165) is 23.3 Å². The van der Waals surface area contributed by atoms with Crippen LogP contribution in [-0.2, 0) is 14.6 Å². The van der Waals surface area contributed by atoms with Crippen LogP contribution in [0.4, 0.5) is 0 Å². The first-order valence-electron chi connectivity index (χ1n) is 9.04. The number of benzene rings is 1. The quantitative estimate of drug-likeness (QED) is 0.794. The molecule has 1 fully saturated rings. The fourth-order valence-electron chi connectivity index (χ4n) is 3.17. The zero-order valence-corrected chi connectivity index (χ0v) is 16.1. The molecule has 7 nitrogen and oxygen atoms in total. The van der Waals surface area contributed by atoms with Crippen LogP contribution in [0.5, 0.6) is 0 Å². The standard InChI is InChI=1S/C18H26N4O3S/c1-3-13(2)17(18-19-14-6-4-5-7-15(14)20-18)21-16(23)12-22-8-10-26(24,25)11-9-22/h4-7,13,17H,3,8-12H2,1-2H3,(H,19,20)(H,21,23)/t13-,17-/m1/s1. The Labute approximate surface area is 154 Å². The van der Waals surface area contributed by atoms with Gasteiger partial charge in [-0.1, -0.05) is 32.4 Å². The van der Waals surface area contributed by atoms with Crippen molar-refractivity contribution in [1.82, 2.24) is 20.2 Å². The van der Waals surface area contributed by atoms with E-state index in [1.165, 1.54) is 0 Å². The van der Waals surface area contributed by atoms with Gasteiger partial charge in [-0.3, -0.25) is 9.69 Å². The second-order valence-corrected chi connectivity index (χ2v) is 9.30. The lowest BCUT2D eigenvalue weighted by molar-refractivity contribution is -0.123. The Morgan fingerprint density at radius 1 is 1.31 bits per heavy atom. The fraction of sp³-hybridized carbons (Fsp3) is 0.556. The highest BCUT2D eigenvalue weighted by molar-refractivity contribution is 7.91. The van der Waals surface area contributed by atoms with Crippen molar-refractivity contribution in [3.05, 3.63) is 30.1 Å². The number of carbonyl (C=O) groups excluding carboxylic acids is 1. The smallest absolute Gasteiger partial charge is 0.234 e. The first-order chi connectivity index (χ1) is 12.4. The van der Waals surface area contributed by atoms with Gasteiger partial charge in [0.1, 0.15) is 5.82 Å². The summed E-state index contributed by atoms with van der Waals surface area (Å²) in [6, 6.07) is 7.60. The highest BCUT2D eigenvalue weighted by atomic mass is 32.2. The third kappa shape index (κ3) is 4.42. The molecule has 3 rings (SSSR count). The van der Waals surface area contributed by atoms with Crippen molar-refractivity contribution in [2.24, 2.45) is 5.92 Å². The Balaban J connectivity index is 1.69. The number of fused-ring (bicyclic) bond motifs is 1. The van der Waals surface area contributed by atoms with Crippen molar-refractivity contribution in [3.8, 4) is 0 Å². The van der Waals surface area contributed by atoms with Gasteiger partial charge in [0.25, 0.3) is 0 Å². The van der Waals surface area contributed by atoms with Crippen LogP contribution in [0.2, 0.25) is 0 Å². The minimum atomic E-state index is -2.94. The first-order valence-corrected chi connectivity index (χ1v) is 10.9. The van der Waals surface area contributed by atoms with Crippen molar-refractivity contribution < 1.29 is 13.2 Å². The van der Waals surface area contributed by atoms with Crippen LogP contribution in [0.1, 0.15) is 32.1 Å². The van der Waals surface area contributed by atoms with Gasteiger partial charge in [0.05, 0.1) is 35.1 Å². The summed E-state index contributed by atoms with van der Waals surface area (Å²) in [5.74, 6) is 1.13. The Kier molecular flexibility index (Phi) is 5.62. The van der Waals surface area contributed by atoms with E-state index in [-0.39, 0.29) is 35.9 Å². The van der Waals surface area contributed by atoms with Crippen molar-refractivity contribution in [2.75, 3.05) is 31.1 Å². The normalized spacial score (nSPS) is 19.9. The number of carbonyl (C=O) groups is 1. The van der Waals surface area contributed by atoms with Crippen LogP contribution in [0, 0.1) is 5.92 Å². The molecular formula is C18H26N4O3S. The van der Waals surface area contributed by atoms with Gasteiger partial charge in [-0.05, 0) is 18.1 Å². The van der Waals surface area contributed by atoms with Gasteiger partial charge in [0, 0.05) is 13.1 Å². The molecule has 0 bridgehead atoms. The minimum absolute atomic E-state index is 0.102. The second-order valence-electron chi connectivity index (χ2n) is 7.00. The van der Waals surface area contributed by atoms with Crippen molar-refractivity contribution in [3.63, 3.8) is 0 Å². The molecule has 1 aliphatic heterocycles. The maximum absolute atomic E-state index is 12.5. The molecule has 26 heavy (non-hydrogen) atoms. The van der Waals surface area contributed by atoms with E-state index in [4.69, 9.17) is 0 Å². The number of aromatic nitrogens is 2. The van der Waals surface area contributed by atoms with Crippen molar-refractivity contribution >= 4 is 26.8 Å². The molecule has 0 aliphatic carbocycles. The summed E-state index contributed by atoms with van der Waals surface area (Å²) in [5, 5.41) is 3.09. The molecule has 2 N–H and O–H groups in total. The number of imidazole rings is 1. The molecule has 0 spiro atoms. The Bertz CT molecular complexity index is 830. The first kappa shape index (κ1) is 18.8. The van der Waals surface area contributed by atoms with Crippen LogP contribution < -0.4 is 5.32 Å². The van der Waals surface area contributed by atoms with Crippen LogP contribution in [-0.4, -0.2) is 60.3 Å². The molecule has 2 atom stereocenters. The van der Waals surface area contributed by atoms with Gasteiger partial charge in [-0.2, -0.15) is 0 Å². The number of hydrogen-bond acceptors (Lipinski definition) is 5. The van der Waals surface area contributed by atoms with Crippen molar-refractivity contribution in [2.45, 2.75) is 26.3 Å². The average Bonchev–Trinajstić information content (AvgIpc) is 3.04. The maximum atomic E-state index is 12.5. The van der Waals surface area contributed by atoms with Gasteiger partial charge in [0.2, 0.25) is 5.91 Å². The second kappa shape index (κ2) is 7.75. The topological polar surface area (TPSA) is 95.2 Å². The number of para-hydroxylation sites is 2. The van der Waals surface area contributed by atoms with E-state index in [2.05, 4.69) is 29.1 Å². The molecule has 1 saturated heterocycles. The summed E-state index contributed by atoms with van der Waals surface area (Å²) in [7, 11) is -2.94. The fourth-order valence-corrected chi connectivity index (χ4v) is 4.44. The molecule has 0 saturated carbocycles. The molecule has 0 unspecified atom stereocenters. The molecule has 2 aromatic rings. The molecule has 1 aromatic heterocycles. The molecule has 8 heteroatoms. The van der Waals surface area contributed by atoms with E-state index in [1.807, 2.05) is 29.2 Å². The Hall–Kier alpha value is -1.93. The molecule has 1 aliphatic rings. The summed E-state index contributed by atoms with van der Waals surface area (Å²) in [5.41, 5.74) is 1.83. The predicted molar refractivity (Wildman–Crippen MR) is 102 cm³/mol. The van der Waals surface area contributed by atoms with Crippen LogP contribution in [0.15, 0.2) is 24.3 Å². The lowest BCUT2D eigenvalue weighted by Crippen LogP contribution is -2.46. The molecule has 1 aromatic carbocycles. The maximum Gasteiger partial charge on any atom is 0.234 e. The minimum Gasteiger partial charge on any atom is -0.345 e. The number of H-pyrrole nitrogens is 1. The molecule has 1 amide bonds. The van der Waals surface area contributed by atoms with Crippen molar-refractivity contribution in [1.29, 1.82) is 0 Å². The van der Waals surface area contributed by atoms with Gasteiger partial charge >= 0.3 is 0 Å². The zero-order valence-electron chi connectivity index (χ0n) is 15.2. The molecule has 0 radical (unpaired) electrons. The van der Waals surface area contributed by atoms with Gasteiger partial charge < -0.3 is 10.3 Å². The third-order valence-corrected chi connectivity index (χ3v) is 6.65. The highest BCUT2D eigenvalue weighted by Gasteiger charge is 2.26. The van der Waals surface area contributed by atoms with Crippen LogP contribution in [0.25, 0.3) is 11.0 Å². The SMILES string of the molecule is CC[C@@H](C)[C@@H](NC(=O)CN1CCS(=O)(=O)CC1)c1nc2ccccc2[nH]1. The summed E-state index contributed by atoms with van der Waals surface area (Å²) in [6.45, 7) is 5.21. The number of hydrogen-bond donors (Lipinski definition) is 2. The third-order valence-electron chi connectivity index (χ3n) is 5.04. The highest BCUT2D eigenvalue weighted by Crippen LogP contribution is 2.24. The van der Waals surface area contributed by atoms with E-state index >= 15 is 0 Å². The predicted octanol–water partition coefficient (Wildman–Crippen LogP) is 1.50. The number of nitrogens with one attached hydrogen (secondary N) is 2.